The normalized spacial score (nSPS) is 11.9. The highest BCUT2D eigenvalue weighted by Crippen LogP contribution is 2.39. The maximum absolute atomic E-state index is 12.5. The summed E-state index contributed by atoms with van der Waals surface area (Å²) in [6.45, 7) is 7.98. The number of H-pyrrole nitrogens is 1. The standard InChI is InChI=1S/C19H19ClN2O3/c1-5-11-14(17(25-22-11)19(2,3)4)15-13(16(23)18(20)24)10-8-6-7-9-12(10)21-15/h6-9,21H,5H2,1-4H3. The van der Waals surface area contributed by atoms with Gasteiger partial charge in [0.25, 0.3) is 5.24 Å². The van der Waals surface area contributed by atoms with Crippen molar-refractivity contribution < 1.29 is 14.1 Å². The number of fused-ring (bicyclic) bond motifs is 1. The van der Waals surface area contributed by atoms with Gasteiger partial charge in [0.1, 0.15) is 0 Å². The molecule has 0 saturated carbocycles. The van der Waals surface area contributed by atoms with Gasteiger partial charge in [0, 0.05) is 16.3 Å². The number of nitrogens with zero attached hydrogens (tertiary/aromatic N) is 1. The maximum Gasteiger partial charge on any atom is 0.293 e. The number of carbonyl (C=O) groups is 2. The van der Waals surface area contributed by atoms with Crippen molar-refractivity contribution in [2.24, 2.45) is 0 Å². The predicted octanol–water partition coefficient (Wildman–Crippen LogP) is 4.63. The lowest BCUT2D eigenvalue weighted by Crippen LogP contribution is -2.13. The Bertz CT molecular complexity index is 976. The minimum Gasteiger partial charge on any atom is -0.360 e. The third-order valence-corrected chi connectivity index (χ3v) is 4.31. The van der Waals surface area contributed by atoms with Crippen molar-refractivity contribution in [2.45, 2.75) is 39.5 Å². The van der Waals surface area contributed by atoms with E-state index >= 15 is 0 Å². The lowest BCUT2D eigenvalue weighted by molar-refractivity contribution is -0.108. The zero-order chi connectivity index (χ0) is 18.4. The van der Waals surface area contributed by atoms with E-state index in [0.29, 0.717) is 23.3 Å². The van der Waals surface area contributed by atoms with Gasteiger partial charge < -0.3 is 9.51 Å². The molecular weight excluding hydrogens is 340 g/mol. The first-order valence-corrected chi connectivity index (χ1v) is 8.47. The fourth-order valence-electron chi connectivity index (χ4n) is 3.00. The Balaban J connectivity index is 2.41. The van der Waals surface area contributed by atoms with Crippen LogP contribution in [0.25, 0.3) is 22.2 Å². The van der Waals surface area contributed by atoms with Crippen LogP contribution >= 0.6 is 11.6 Å². The molecule has 3 rings (SSSR count). The number of aromatic nitrogens is 2. The van der Waals surface area contributed by atoms with Crippen LogP contribution < -0.4 is 0 Å². The van der Waals surface area contributed by atoms with Crippen LogP contribution in [0.4, 0.5) is 0 Å². The number of ketones is 1. The molecule has 0 atom stereocenters. The molecule has 130 valence electrons. The molecule has 2 heterocycles. The summed E-state index contributed by atoms with van der Waals surface area (Å²) in [7, 11) is 0. The molecule has 1 aromatic carbocycles. The Hall–Kier alpha value is -2.40. The lowest BCUT2D eigenvalue weighted by Gasteiger charge is -2.16. The van der Waals surface area contributed by atoms with Crippen molar-refractivity contribution in [1.29, 1.82) is 0 Å². The molecular formula is C19H19ClN2O3. The first-order valence-electron chi connectivity index (χ1n) is 8.10. The van der Waals surface area contributed by atoms with E-state index in [4.69, 9.17) is 16.1 Å². The molecule has 0 amide bonds. The molecule has 0 bridgehead atoms. The molecule has 1 N–H and O–H groups in total. The van der Waals surface area contributed by atoms with Gasteiger partial charge in [-0.2, -0.15) is 0 Å². The van der Waals surface area contributed by atoms with Crippen molar-refractivity contribution in [2.75, 3.05) is 0 Å². The molecule has 6 heteroatoms. The zero-order valence-corrected chi connectivity index (χ0v) is 15.3. The quantitative estimate of drug-likeness (QED) is 0.419. The van der Waals surface area contributed by atoms with E-state index in [0.717, 1.165) is 16.8 Å². The van der Waals surface area contributed by atoms with Gasteiger partial charge in [-0.25, -0.2) is 0 Å². The molecule has 0 fully saturated rings. The van der Waals surface area contributed by atoms with Crippen LogP contribution in [0.15, 0.2) is 28.8 Å². The van der Waals surface area contributed by atoms with Gasteiger partial charge in [0.2, 0.25) is 5.78 Å². The summed E-state index contributed by atoms with van der Waals surface area (Å²) in [6, 6.07) is 7.31. The molecule has 0 aliphatic carbocycles. The van der Waals surface area contributed by atoms with Crippen molar-refractivity contribution in [1.82, 2.24) is 10.1 Å². The summed E-state index contributed by atoms with van der Waals surface area (Å²) >= 11 is 5.52. The zero-order valence-electron chi connectivity index (χ0n) is 14.6. The summed E-state index contributed by atoms with van der Waals surface area (Å²) in [5.41, 5.74) is 2.68. The minimum atomic E-state index is -1.02. The van der Waals surface area contributed by atoms with Crippen LogP contribution in [0, 0.1) is 0 Å². The molecule has 0 radical (unpaired) electrons. The van der Waals surface area contributed by atoms with Crippen LogP contribution in [0.3, 0.4) is 0 Å². The summed E-state index contributed by atoms with van der Waals surface area (Å²) < 4.78 is 5.60. The van der Waals surface area contributed by atoms with Gasteiger partial charge in [0.05, 0.1) is 22.5 Å². The Morgan fingerprint density at radius 3 is 2.52 bits per heavy atom. The molecule has 3 aromatic rings. The smallest absolute Gasteiger partial charge is 0.293 e. The largest absolute Gasteiger partial charge is 0.360 e. The average molecular weight is 359 g/mol. The third-order valence-electron chi connectivity index (χ3n) is 4.14. The lowest BCUT2D eigenvalue weighted by atomic mass is 9.87. The number of rotatable bonds is 4. The molecule has 0 aliphatic heterocycles. The fourth-order valence-corrected chi connectivity index (χ4v) is 3.09. The highest BCUT2D eigenvalue weighted by atomic mass is 35.5. The third kappa shape index (κ3) is 2.89. The second-order valence-corrected chi connectivity index (χ2v) is 7.30. The molecule has 0 unspecified atom stereocenters. The highest BCUT2D eigenvalue weighted by molar-refractivity contribution is 6.83. The molecule has 0 spiro atoms. The van der Waals surface area contributed by atoms with E-state index < -0.39 is 11.0 Å². The number of para-hydroxylation sites is 1. The topological polar surface area (TPSA) is 76.0 Å². The van der Waals surface area contributed by atoms with Gasteiger partial charge in [-0.15, -0.1) is 0 Å². The first-order chi connectivity index (χ1) is 11.8. The summed E-state index contributed by atoms with van der Waals surface area (Å²) in [4.78, 5) is 27.4. The van der Waals surface area contributed by atoms with Gasteiger partial charge in [-0.3, -0.25) is 9.59 Å². The number of carbonyl (C=O) groups excluding carboxylic acids is 2. The number of Topliss-reactive ketones (excluding diaryl/α,β-unsaturated/α-hetero) is 1. The van der Waals surface area contributed by atoms with Crippen molar-refractivity contribution in [3.05, 3.63) is 41.3 Å². The summed E-state index contributed by atoms with van der Waals surface area (Å²) in [6.07, 6.45) is 0.632. The highest BCUT2D eigenvalue weighted by Gasteiger charge is 2.32. The second kappa shape index (κ2) is 6.15. The molecule has 25 heavy (non-hydrogen) atoms. The van der Waals surface area contributed by atoms with Gasteiger partial charge in [0.15, 0.2) is 5.76 Å². The molecule has 0 aliphatic rings. The Morgan fingerprint density at radius 1 is 1.24 bits per heavy atom. The van der Waals surface area contributed by atoms with E-state index in [1.54, 1.807) is 6.07 Å². The maximum atomic E-state index is 12.5. The van der Waals surface area contributed by atoms with Crippen molar-refractivity contribution in [3.8, 4) is 11.3 Å². The van der Waals surface area contributed by atoms with Gasteiger partial charge in [-0.05, 0) is 24.1 Å². The van der Waals surface area contributed by atoms with Crippen molar-refractivity contribution >= 4 is 33.5 Å². The first kappa shape index (κ1) is 17.4. The second-order valence-electron chi connectivity index (χ2n) is 6.96. The number of hydrogen-bond acceptors (Lipinski definition) is 4. The molecule has 5 nitrogen and oxygen atoms in total. The van der Waals surface area contributed by atoms with E-state index in [9.17, 15) is 9.59 Å². The van der Waals surface area contributed by atoms with E-state index in [1.165, 1.54) is 0 Å². The Morgan fingerprint density at radius 2 is 1.92 bits per heavy atom. The number of halogens is 1. The van der Waals surface area contributed by atoms with Crippen LogP contribution in [0.1, 0.15) is 49.5 Å². The van der Waals surface area contributed by atoms with E-state index in [-0.39, 0.29) is 11.0 Å². The Kier molecular flexibility index (Phi) is 4.29. The Labute approximate surface area is 150 Å². The number of hydrogen-bond donors (Lipinski definition) is 1. The average Bonchev–Trinajstić information content (AvgIpc) is 3.14. The van der Waals surface area contributed by atoms with Crippen LogP contribution in [-0.4, -0.2) is 21.2 Å². The van der Waals surface area contributed by atoms with Crippen molar-refractivity contribution in [3.63, 3.8) is 0 Å². The van der Waals surface area contributed by atoms with Gasteiger partial charge in [-0.1, -0.05) is 51.1 Å². The van der Waals surface area contributed by atoms with Gasteiger partial charge >= 0.3 is 0 Å². The SMILES string of the molecule is CCc1noc(C(C)(C)C)c1-c1[nH]c2ccccc2c1C(=O)C(=O)Cl. The number of aromatic amines is 1. The predicted molar refractivity (Wildman–Crippen MR) is 97.1 cm³/mol. The van der Waals surface area contributed by atoms with Crippen LogP contribution in [0.2, 0.25) is 0 Å². The summed E-state index contributed by atoms with van der Waals surface area (Å²) in [5, 5.41) is 3.81. The fraction of sp³-hybridized carbons (Fsp3) is 0.316. The number of aryl methyl sites for hydroxylation is 1. The van der Waals surface area contributed by atoms with Crippen LogP contribution in [0.5, 0.6) is 0 Å². The molecule has 2 aromatic heterocycles. The molecule has 0 saturated heterocycles. The number of benzene rings is 1. The monoisotopic (exact) mass is 358 g/mol. The number of nitrogens with one attached hydrogen (secondary N) is 1. The van der Waals surface area contributed by atoms with E-state index in [1.807, 2.05) is 45.9 Å². The van der Waals surface area contributed by atoms with Crippen LogP contribution in [-0.2, 0) is 16.6 Å². The van der Waals surface area contributed by atoms with E-state index in [2.05, 4.69) is 10.1 Å². The minimum absolute atomic E-state index is 0.263. The summed E-state index contributed by atoms with van der Waals surface area (Å²) in [5.74, 6) is -0.0794.